The third-order valence-corrected chi connectivity index (χ3v) is 4.19. The molecule has 1 aliphatic rings. The average molecular weight is 296 g/mol. The van der Waals surface area contributed by atoms with Gasteiger partial charge >= 0.3 is 11.7 Å². The van der Waals surface area contributed by atoms with Crippen LogP contribution in [-0.4, -0.2) is 33.0 Å². The van der Waals surface area contributed by atoms with Crippen molar-refractivity contribution in [1.29, 1.82) is 0 Å². The molecule has 6 nitrogen and oxygen atoms in total. The number of aliphatic carboxylic acids is 1. The first-order chi connectivity index (χ1) is 9.90. The molecule has 1 fully saturated rings. The molecule has 0 spiro atoms. The van der Waals surface area contributed by atoms with E-state index in [1.54, 1.807) is 0 Å². The van der Waals surface area contributed by atoms with Gasteiger partial charge in [-0.05, 0) is 37.4 Å². The van der Waals surface area contributed by atoms with Gasteiger partial charge in [0.2, 0.25) is 5.82 Å². The van der Waals surface area contributed by atoms with Crippen molar-refractivity contribution in [3.63, 3.8) is 0 Å². The highest BCUT2D eigenvalue weighted by atomic mass is 19.1. The summed E-state index contributed by atoms with van der Waals surface area (Å²) in [5.41, 5.74) is -0.947. The number of nitro groups is 1. The summed E-state index contributed by atoms with van der Waals surface area (Å²) in [5, 5.41) is 20.1. The number of halogens is 1. The molecule has 1 heterocycles. The van der Waals surface area contributed by atoms with E-state index in [9.17, 15) is 24.4 Å². The fourth-order valence-corrected chi connectivity index (χ4v) is 2.98. The van der Waals surface area contributed by atoms with E-state index in [-0.39, 0.29) is 6.54 Å². The predicted octanol–water partition coefficient (Wildman–Crippen LogP) is 2.56. The number of nitro benzene ring substituents is 1. The Labute approximate surface area is 121 Å². The van der Waals surface area contributed by atoms with E-state index < -0.39 is 27.9 Å². The summed E-state index contributed by atoms with van der Waals surface area (Å²) >= 11 is 0. The van der Waals surface area contributed by atoms with Crippen LogP contribution in [0.5, 0.6) is 0 Å². The summed E-state index contributed by atoms with van der Waals surface area (Å²) in [6, 6.07) is 3.70. The summed E-state index contributed by atoms with van der Waals surface area (Å²) in [4.78, 5) is 23.2. The molecule has 0 saturated carbocycles. The molecular weight excluding hydrogens is 279 g/mol. The third kappa shape index (κ3) is 2.73. The van der Waals surface area contributed by atoms with Gasteiger partial charge in [-0.1, -0.05) is 13.0 Å². The van der Waals surface area contributed by atoms with E-state index in [0.29, 0.717) is 24.9 Å². The van der Waals surface area contributed by atoms with Crippen molar-refractivity contribution in [2.24, 2.45) is 0 Å². The van der Waals surface area contributed by atoms with Gasteiger partial charge in [-0.25, -0.2) is 0 Å². The third-order valence-electron chi connectivity index (χ3n) is 4.19. The van der Waals surface area contributed by atoms with Crippen molar-refractivity contribution in [2.45, 2.75) is 38.3 Å². The van der Waals surface area contributed by atoms with E-state index in [4.69, 9.17) is 0 Å². The van der Waals surface area contributed by atoms with Crippen molar-refractivity contribution in [2.75, 3.05) is 6.54 Å². The summed E-state index contributed by atoms with van der Waals surface area (Å²) in [5.74, 6) is -1.76. The number of benzene rings is 1. The molecule has 21 heavy (non-hydrogen) atoms. The van der Waals surface area contributed by atoms with E-state index >= 15 is 0 Å². The molecule has 1 atom stereocenters. The van der Waals surface area contributed by atoms with Crippen LogP contribution in [0, 0.1) is 15.9 Å². The molecule has 0 amide bonds. The van der Waals surface area contributed by atoms with Gasteiger partial charge in [0.1, 0.15) is 5.54 Å². The minimum absolute atomic E-state index is 0.273. The van der Waals surface area contributed by atoms with E-state index in [2.05, 4.69) is 0 Å². The molecule has 2 rings (SSSR count). The Morgan fingerprint density at radius 3 is 2.81 bits per heavy atom. The maximum Gasteiger partial charge on any atom is 0.324 e. The molecule has 1 saturated heterocycles. The summed E-state index contributed by atoms with van der Waals surface area (Å²) < 4.78 is 13.6. The number of carboxylic acids is 1. The van der Waals surface area contributed by atoms with Crippen molar-refractivity contribution in [1.82, 2.24) is 4.90 Å². The number of likely N-dealkylation sites (tertiary alicyclic amines) is 1. The van der Waals surface area contributed by atoms with Gasteiger partial charge in [0.15, 0.2) is 0 Å². The first-order valence-electron chi connectivity index (χ1n) is 6.82. The van der Waals surface area contributed by atoms with Gasteiger partial charge in [-0.3, -0.25) is 19.8 Å². The van der Waals surface area contributed by atoms with Gasteiger partial charge in [0.25, 0.3) is 0 Å². The number of hydrogen-bond acceptors (Lipinski definition) is 4. The molecule has 0 bridgehead atoms. The van der Waals surface area contributed by atoms with Crippen LogP contribution in [0.1, 0.15) is 31.7 Å². The number of rotatable bonds is 5. The zero-order valence-electron chi connectivity index (χ0n) is 11.7. The molecule has 7 heteroatoms. The van der Waals surface area contributed by atoms with Crippen LogP contribution in [0.15, 0.2) is 18.2 Å². The maximum absolute atomic E-state index is 13.6. The van der Waals surface area contributed by atoms with Gasteiger partial charge in [0.05, 0.1) is 4.92 Å². The van der Waals surface area contributed by atoms with E-state index in [1.807, 2.05) is 11.8 Å². The average Bonchev–Trinajstić information content (AvgIpc) is 2.82. The highest BCUT2D eigenvalue weighted by molar-refractivity contribution is 5.79. The topological polar surface area (TPSA) is 83.7 Å². The number of nitrogens with zero attached hydrogens (tertiary/aromatic N) is 2. The number of carbonyl (C=O) groups is 1. The zero-order chi connectivity index (χ0) is 15.6. The molecule has 1 N–H and O–H groups in total. The summed E-state index contributed by atoms with van der Waals surface area (Å²) in [6.45, 7) is 2.72. The van der Waals surface area contributed by atoms with Crippen LogP contribution in [0.3, 0.4) is 0 Å². The normalized spacial score (nSPS) is 22.4. The fraction of sp³-hybridized carbons (Fsp3) is 0.500. The van der Waals surface area contributed by atoms with Crippen molar-refractivity contribution < 1.29 is 19.2 Å². The van der Waals surface area contributed by atoms with Crippen LogP contribution >= 0.6 is 0 Å². The minimum Gasteiger partial charge on any atom is -0.480 e. The lowest BCUT2D eigenvalue weighted by molar-refractivity contribution is -0.387. The first kappa shape index (κ1) is 15.4. The molecule has 1 aromatic rings. The Kier molecular flexibility index (Phi) is 4.22. The van der Waals surface area contributed by atoms with Crippen molar-refractivity contribution in [3.05, 3.63) is 39.7 Å². The van der Waals surface area contributed by atoms with Gasteiger partial charge in [-0.2, -0.15) is 4.39 Å². The lowest BCUT2D eigenvalue weighted by Gasteiger charge is -2.33. The Balaban J connectivity index is 2.23. The van der Waals surface area contributed by atoms with E-state index in [0.717, 1.165) is 18.6 Å². The largest absolute Gasteiger partial charge is 0.480 e. The second-order valence-corrected chi connectivity index (χ2v) is 5.26. The predicted molar refractivity (Wildman–Crippen MR) is 73.4 cm³/mol. The van der Waals surface area contributed by atoms with Crippen LogP contribution in [0.25, 0.3) is 0 Å². The quantitative estimate of drug-likeness (QED) is 0.667. The maximum atomic E-state index is 13.6. The molecule has 1 aromatic carbocycles. The van der Waals surface area contributed by atoms with Crippen LogP contribution < -0.4 is 0 Å². The molecule has 1 unspecified atom stereocenters. The fourth-order valence-electron chi connectivity index (χ4n) is 2.98. The lowest BCUT2D eigenvalue weighted by atomic mass is 9.92. The summed E-state index contributed by atoms with van der Waals surface area (Å²) in [6.07, 6.45) is 1.81. The molecular formula is C14H17FN2O4. The highest BCUT2D eigenvalue weighted by Gasteiger charge is 2.45. The second kappa shape index (κ2) is 5.77. The lowest BCUT2D eigenvalue weighted by Crippen LogP contribution is -2.49. The second-order valence-electron chi connectivity index (χ2n) is 5.26. The van der Waals surface area contributed by atoms with Crippen LogP contribution in [0.4, 0.5) is 10.1 Å². The number of carboxylic acid groups (broad SMARTS) is 1. The standard InChI is InChI=1S/C14H17FN2O4/c1-2-14(13(18)19)6-3-7-16(14)9-10-4-5-12(17(20)21)11(15)8-10/h4-5,8H,2-3,6-7,9H2,1H3,(H,18,19). The summed E-state index contributed by atoms with van der Waals surface area (Å²) in [7, 11) is 0. The molecule has 0 radical (unpaired) electrons. The molecule has 114 valence electrons. The van der Waals surface area contributed by atoms with Crippen LogP contribution in [-0.2, 0) is 11.3 Å². The Morgan fingerprint density at radius 1 is 1.57 bits per heavy atom. The van der Waals surface area contributed by atoms with Gasteiger partial charge in [0, 0.05) is 12.6 Å². The smallest absolute Gasteiger partial charge is 0.324 e. The molecule has 0 aliphatic carbocycles. The SMILES string of the molecule is CCC1(C(=O)O)CCCN1Cc1ccc([N+](=O)[O-])c(F)c1. The van der Waals surface area contributed by atoms with E-state index in [1.165, 1.54) is 6.07 Å². The van der Waals surface area contributed by atoms with Crippen LogP contribution in [0.2, 0.25) is 0 Å². The zero-order valence-corrected chi connectivity index (χ0v) is 11.7. The molecule has 0 aromatic heterocycles. The highest BCUT2D eigenvalue weighted by Crippen LogP contribution is 2.34. The Morgan fingerprint density at radius 2 is 2.29 bits per heavy atom. The Bertz CT molecular complexity index is 578. The van der Waals surface area contributed by atoms with Gasteiger partial charge < -0.3 is 5.11 Å². The minimum atomic E-state index is -0.918. The monoisotopic (exact) mass is 296 g/mol. The van der Waals surface area contributed by atoms with Gasteiger partial charge in [-0.15, -0.1) is 0 Å². The van der Waals surface area contributed by atoms with Crippen molar-refractivity contribution in [3.8, 4) is 0 Å². The Hall–Kier alpha value is -2.02. The molecule has 1 aliphatic heterocycles. The van der Waals surface area contributed by atoms with Crippen molar-refractivity contribution >= 4 is 11.7 Å². The first-order valence-corrected chi connectivity index (χ1v) is 6.82. The number of hydrogen-bond donors (Lipinski definition) is 1.